The van der Waals surface area contributed by atoms with E-state index < -0.39 is 30.1 Å². The first-order valence-electron chi connectivity index (χ1n) is 21.3. The lowest BCUT2D eigenvalue weighted by molar-refractivity contribution is -0.147. The SMILES string of the molecule is O=C(N[C@H]1CCC=CC[C@H](CC(=O)N(CCO)Cc2ccccc2)C(=O)N[C@@H](Cc2ccc(OCc3ccccc3)cc2)COC1=O)OCC1c2ccccc2-c2ccccc21. The first-order chi connectivity index (χ1) is 30.3. The predicted molar refractivity (Wildman–Crippen MR) is 236 cm³/mol. The van der Waals surface area contributed by atoms with Gasteiger partial charge in [-0.05, 0) is 76.8 Å². The number of alkyl carbamates (subject to hydrolysis) is 1. The highest BCUT2D eigenvalue weighted by Crippen LogP contribution is 2.44. The highest BCUT2D eigenvalue weighted by molar-refractivity contribution is 5.86. The molecule has 1 aliphatic carbocycles. The molecule has 0 saturated heterocycles. The average Bonchev–Trinajstić information content (AvgIpc) is 3.62. The van der Waals surface area contributed by atoms with Crippen LogP contribution < -0.4 is 15.4 Å². The number of fused-ring (bicyclic) bond motifs is 3. The van der Waals surface area contributed by atoms with Gasteiger partial charge in [0, 0.05) is 25.4 Å². The van der Waals surface area contributed by atoms with Gasteiger partial charge in [0.1, 0.15) is 31.6 Å². The van der Waals surface area contributed by atoms with Gasteiger partial charge in [0.05, 0.1) is 18.6 Å². The molecule has 2 aliphatic rings. The minimum absolute atomic E-state index is 0.0884. The summed E-state index contributed by atoms with van der Waals surface area (Å²) in [5, 5.41) is 15.6. The number of allylic oxidation sites excluding steroid dienone is 2. The number of ether oxygens (including phenoxy) is 3. The molecule has 320 valence electrons. The van der Waals surface area contributed by atoms with Crippen molar-refractivity contribution in [1.29, 1.82) is 0 Å². The second kappa shape index (κ2) is 21.7. The number of nitrogens with zero attached hydrogens (tertiary/aromatic N) is 1. The number of aliphatic hydroxyl groups is 1. The number of benzene rings is 5. The van der Waals surface area contributed by atoms with E-state index in [2.05, 4.69) is 22.8 Å². The normalized spacial score (nSPS) is 17.8. The summed E-state index contributed by atoms with van der Waals surface area (Å²) in [4.78, 5) is 56.5. The van der Waals surface area contributed by atoms with Gasteiger partial charge in [0.25, 0.3) is 0 Å². The fourth-order valence-electron chi connectivity index (χ4n) is 8.01. The Morgan fingerprint density at radius 2 is 1.42 bits per heavy atom. The molecule has 0 spiro atoms. The third kappa shape index (κ3) is 11.8. The number of hydrogen-bond donors (Lipinski definition) is 3. The Morgan fingerprint density at radius 3 is 2.10 bits per heavy atom. The molecule has 7 rings (SSSR count). The summed E-state index contributed by atoms with van der Waals surface area (Å²) in [5.74, 6) is -1.48. The largest absolute Gasteiger partial charge is 0.489 e. The van der Waals surface area contributed by atoms with E-state index in [-0.39, 0.29) is 63.4 Å². The minimum atomic E-state index is -1.02. The van der Waals surface area contributed by atoms with E-state index in [0.717, 1.165) is 38.9 Å². The van der Waals surface area contributed by atoms with Gasteiger partial charge in [-0.25, -0.2) is 9.59 Å². The van der Waals surface area contributed by atoms with Crippen LogP contribution in [0.25, 0.3) is 11.1 Å². The highest BCUT2D eigenvalue weighted by Gasteiger charge is 2.31. The molecule has 3 atom stereocenters. The van der Waals surface area contributed by atoms with Crippen LogP contribution in [0.1, 0.15) is 59.4 Å². The fourth-order valence-corrected chi connectivity index (χ4v) is 8.01. The summed E-state index contributed by atoms with van der Waals surface area (Å²) in [6, 6.07) is 41.3. The molecule has 62 heavy (non-hydrogen) atoms. The van der Waals surface area contributed by atoms with E-state index in [0.29, 0.717) is 31.7 Å². The molecule has 0 radical (unpaired) electrons. The first kappa shape index (κ1) is 43.4. The van der Waals surface area contributed by atoms with Gasteiger partial charge in [-0.3, -0.25) is 9.59 Å². The third-order valence-corrected chi connectivity index (χ3v) is 11.3. The predicted octanol–water partition coefficient (Wildman–Crippen LogP) is 7.51. The van der Waals surface area contributed by atoms with Crippen LogP contribution in [0.4, 0.5) is 4.79 Å². The number of aliphatic hydroxyl groups excluding tert-OH is 1. The van der Waals surface area contributed by atoms with Gasteiger partial charge >= 0.3 is 12.1 Å². The molecule has 0 saturated carbocycles. The summed E-state index contributed by atoms with van der Waals surface area (Å²) in [7, 11) is 0. The summed E-state index contributed by atoms with van der Waals surface area (Å²) in [6.07, 6.45) is 4.04. The number of amides is 3. The molecule has 5 aromatic carbocycles. The lowest BCUT2D eigenvalue weighted by atomic mass is 9.97. The zero-order valence-electron chi connectivity index (χ0n) is 34.7. The van der Waals surface area contributed by atoms with Crippen molar-refractivity contribution in [3.63, 3.8) is 0 Å². The molecule has 0 fully saturated rings. The van der Waals surface area contributed by atoms with Gasteiger partial charge < -0.3 is 34.9 Å². The van der Waals surface area contributed by atoms with Gasteiger partial charge in [-0.1, -0.05) is 133 Å². The molecule has 11 nitrogen and oxygen atoms in total. The topological polar surface area (TPSA) is 144 Å². The van der Waals surface area contributed by atoms with Crippen molar-refractivity contribution in [2.75, 3.05) is 26.4 Å². The maximum Gasteiger partial charge on any atom is 0.407 e. The molecule has 0 unspecified atom stereocenters. The molecule has 5 aromatic rings. The summed E-state index contributed by atoms with van der Waals surface area (Å²) < 4.78 is 17.6. The molecule has 1 heterocycles. The van der Waals surface area contributed by atoms with Crippen molar-refractivity contribution >= 4 is 23.9 Å². The number of rotatable bonds is 14. The molecule has 3 N–H and O–H groups in total. The maximum atomic E-state index is 14.1. The average molecular weight is 836 g/mol. The smallest absolute Gasteiger partial charge is 0.407 e. The summed E-state index contributed by atoms with van der Waals surface area (Å²) >= 11 is 0. The van der Waals surface area contributed by atoms with E-state index in [1.54, 1.807) is 4.90 Å². The quantitative estimate of drug-likeness (QED) is 0.0771. The monoisotopic (exact) mass is 835 g/mol. The Hall–Kier alpha value is -6.72. The van der Waals surface area contributed by atoms with Crippen LogP contribution in [-0.2, 0) is 43.4 Å². The van der Waals surface area contributed by atoms with E-state index in [4.69, 9.17) is 14.2 Å². The Balaban J connectivity index is 1.04. The second-order valence-corrected chi connectivity index (χ2v) is 15.7. The van der Waals surface area contributed by atoms with Crippen molar-refractivity contribution in [2.45, 2.75) is 63.3 Å². The van der Waals surface area contributed by atoms with E-state index >= 15 is 0 Å². The fraction of sp³-hybridized carbons (Fsp3) is 0.294. The van der Waals surface area contributed by atoms with Crippen LogP contribution in [-0.4, -0.2) is 72.3 Å². The van der Waals surface area contributed by atoms with Crippen LogP contribution in [0, 0.1) is 5.92 Å². The van der Waals surface area contributed by atoms with Crippen molar-refractivity contribution in [2.24, 2.45) is 5.92 Å². The Morgan fingerprint density at radius 1 is 0.774 bits per heavy atom. The number of hydrogen-bond acceptors (Lipinski definition) is 8. The van der Waals surface area contributed by atoms with Crippen molar-refractivity contribution in [3.8, 4) is 16.9 Å². The van der Waals surface area contributed by atoms with Gasteiger partial charge in [0.2, 0.25) is 11.8 Å². The zero-order chi connectivity index (χ0) is 43.1. The number of nitrogens with one attached hydrogen (secondary N) is 2. The number of carbonyl (C=O) groups is 4. The molecule has 0 aromatic heterocycles. The van der Waals surface area contributed by atoms with Gasteiger partial charge in [-0.2, -0.15) is 0 Å². The summed E-state index contributed by atoms with van der Waals surface area (Å²) in [6.45, 7) is 0.525. The van der Waals surface area contributed by atoms with Gasteiger partial charge in [-0.15, -0.1) is 0 Å². The molecule has 0 bridgehead atoms. The lowest BCUT2D eigenvalue weighted by Crippen LogP contribution is -2.47. The molecular formula is C51H53N3O8. The van der Waals surface area contributed by atoms with Crippen molar-refractivity contribution in [1.82, 2.24) is 15.5 Å². The van der Waals surface area contributed by atoms with Crippen LogP contribution in [0.3, 0.4) is 0 Å². The minimum Gasteiger partial charge on any atom is -0.489 e. The number of cyclic esters (lactones) is 1. The summed E-state index contributed by atoms with van der Waals surface area (Å²) in [5.41, 5.74) is 7.18. The lowest BCUT2D eigenvalue weighted by Gasteiger charge is -2.26. The Labute approximate surface area is 362 Å². The van der Waals surface area contributed by atoms with E-state index in [9.17, 15) is 24.3 Å². The van der Waals surface area contributed by atoms with Crippen molar-refractivity contribution in [3.05, 3.63) is 173 Å². The molecule has 3 amide bonds. The molecule has 1 aliphatic heterocycles. The Kier molecular flexibility index (Phi) is 15.2. The Bertz CT molecular complexity index is 2250. The third-order valence-electron chi connectivity index (χ3n) is 11.3. The number of esters is 1. The van der Waals surface area contributed by atoms with Crippen LogP contribution in [0.5, 0.6) is 5.75 Å². The van der Waals surface area contributed by atoms with Crippen molar-refractivity contribution < 1.29 is 38.5 Å². The van der Waals surface area contributed by atoms with Crippen LogP contribution in [0.2, 0.25) is 0 Å². The standard InChI is InChI=1S/C51H53N3O8/c55-29-28-54(32-37-14-4-1-5-15-37)48(56)31-39-18-8-3-9-23-47(53-51(59)62-35-46-44-21-12-10-19-42(44)43-20-11-13-22-45(43)46)50(58)61-34-40(52-49(39)57)30-36-24-26-41(27-25-36)60-33-38-16-6-2-7-17-38/h1-8,10-17,19-22,24-27,39-40,46-47,55H,9,18,23,28-35H2,(H,52,57)(H,53,59)/t39-,40+,47+/m1/s1. The zero-order valence-corrected chi connectivity index (χ0v) is 34.7. The maximum absolute atomic E-state index is 14.1. The molecular weight excluding hydrogens is 783 g/mol. The number of carbonyl (C=O) groups excluding carboxylic acids is 4. The van der Waals surface area contributed by atoms with E-state index in [1.165, 1.54) is 0 Å². The van der Waals surface area contributed by atoms with Crippen LogP contribution >= 0.6 is 0 Å². The first-order valence-corrected chi connectivity index (χ1v) is 21.3. The second-order valence-electron chi connectivity index (χ2n) is 15.7. The van der Waals surface area contributed by atoms with Gasteiger partial charge in [0.15, 0.2) is 0 Å². The highest BCUT2D eigenvalue weighted by atomic mass is 16.6. The van der Waals surface area contributed by atoms with E-state index in [1.807, 2.05) is 133 Å². The molecule has 11 heteroatoms. The van der Waals surface area contributed by atoms with Crippen LogP contribution in [0.15, 0.2) is 146 Å².